The highest BCUT2D eigenvalue weighted by atomic mass is 32.2. The lowest BCUT2D eigenvalue weighted by atomic mass is 10.3. The van der Waals surface area contributed by atoms with E-state index in [9.17, 15) is 22.0 Å². The molecule has 1 aromatic carbocycles. The van der Waals surface area contributed by atoms with Gasteiger partial charge in [0.15, 0.2) is 20.6 Å². The predicted molar refractivity (Wildman–Crippen MR) is 88.9 cm³/mol. The molecule has 3 aromatic rings. The normalized spacial score (nSPS) is 11.7. The van der Waals surface area contributed by atoms with Crippen molar-refractivity contribution >= 4 is 32.2 Å². The summed E-state index contributed by atoms with van der Waals surface area (Å²) in [6, 6.07) is 9.12. The van der Waals surface area contributed by atoms with Crippen molar-refractivity contribution in [1.82, 2.24) is 10.2 Å². The fourth-order valence-corrected chi connectivity index (χ4v) is 4.06. The standard InChI is InChI=1S/C15H11F2N3O4S2/c16-12(17)14-19-20-15(25-14)18-13(21)11-9(6-7-24-11)8-26(22,23)10-4-2-1-3-5-10/h1-7,12H,8H2,(H,18,20,21). The molecule has 0 unspecified atom stereocenters. The molecule has 11 heteroatoms. The zero-order valence-electron chi connectivity index (χ0n) is 12.9. The number of hydrogen-bond acceptors (Lipinski definition) is 7. The van der Waals surface area contributed by atoms with E-state index >= 15 is 0 Å². The van der Waals surface area contributed by atoms with Gasteiger partial charge in [-0.1, -0.05) is 29.5 Å². The van der Waals surface area contributed by atoms with Crippen molar-refractivity contribution in [2.45, 2.75) is 17.1 Å². The molecule has 0 aliphatic carbocycles. The van der Waals surface area contributed by atoms with Crippen LogP contribution in [0.5, 0.6) is 0 Å². The number of amides is 1. The Hall–Kier alpha value is -2.66. The SMILES string of the molecule is O=C(Nc1nnc(C(F)F)s1)c1occc1CS(=O)(=O)c1ccccc1. The van der Waals surface area contributed by atoms with E-state index in [-0.39, 0.29) is 21.4 Å². The van der Waals surface area contributed by atoms with Crippen molar-refractivity contribution in [1.29, 1.82) is 0 Å². The van der Waals surface area contributed by atoms with Crippen molar-refractivity contribution < 1.29 is 26.4 Å². The van der Waals surface area contributed by atoms with Crippen LogP contribution in [0.3, 0.4) is 0 Å². The molecule has 1 N–H and O–H groups in total. The molecule has 2 aromatic heterocycles. The molecular formula is C15H11F2N3O4S2. The molecule has 1 amide bonds. The molecule has 0 saturated heterocycles. The highest BCUT2D eigenvalue weighted by Crippen LogP contribution is 2.26. The van der Waals surface area contributed by atoms with Crippen molar-refractivity contribution in [3.8, 4) is 0 Å². The Morgan fingerprint density at radius 1 is 1.19 bits per heavy atom. The first-order chi connectivity index (χ1) is 12.4. The summed E-state index contributed by atoms with van der Waals surface area (Å²) in [4.78, 5) is 12.4. The maximum absolute atomic E-state index is 12.5. The molecule has 3 rings (SSSR count). The van der Waals surface area contributed by atoms with Crippen LogP contribution in [0.2, 0.25) is 0 Å². The van der Waals surface area contributed by atoms with Gasteiger partial charge in [0.25, 0.3) is 12.3 Å². The summed E-state index contributed by atoms with van der Waals surface area (Å²) in [6.07, 6.45) is -1.62. The van der Waals surface area contributed by atoms with Gasteiger partial charge in [0.2, 0.25) is 5.13 Å². The van der Waals surface area contributed by atoms with Crippen LogP contribution in [-0.2, 0) is 15.6 Å². The van der Waals surface area contributed by atoms with Crippen LogP contribution in [0.4, 0.5) is 13.9 Å². The van der Waals surface area contributed by atoms with Crippen LogP contribution in [0, 0.1) is 0 Å². The number of aromatic nitrogens is 2. The minimum atomic E-state index is -3.68. The van der Waals surface area contributed by atoms with Crippen molar-refractivity contribution in [2.75, 3.05) is 5.32 Å². The molecule has 2 heterocycles. The molecule has 0 saturated carbocycles. The lowest BCUT2D eigenvalue weighted by Crippen LogP contribution is -2.14. The van der Waals surface area contributed by atoms with Crippen molar-refractivity contribution in [3.63, 3.8) is 0 Å². The van der Waals surface area contributed by atoms with E-state index in [0.717, 1.165) is 0 Å². The van der Waals surface area contributed by atoms with E-state index in [4.69, 9.17) is 4.42 Å². The molecule has 0 aliphatic heterocycles. The summed E-state index contributed by atoms with van der Waals surface area (Å²) >= 11 is 0.518. The highest BCUT2D eigenvalue weighted by molar-refractivity contribution is 7.90. The second-order valence-corrected chi connectivity index (χ2v) is 8.05. The van der Waals surface area contributed by atoms with E-state index < -0.39 is 32.9 Å². The first-order valence-corrected chi connectivity index (χ1v) is 9.61. The first kappa shape index (κ1) is 18.1. The third-order valence-corrected chi connectivity index (χ3v) is 5.78. The number of rotatable bonds is 6. The van der Waals surface area contributed by atoms with Gasteiger partial charge in [-0.15, -0.1) is 10.2 Å². The molecule has 26 heavy (non-hydrogen) atoms. The number of nitrogens with zero attached hydrogens (tertiary/aromatic N) is 2. The van der Waals surface area contributed by atoms with Crippen molar-refractivity contribution in [2.24, 2.45) is 0 Å². The Bertz CT molecular complexity index is 1020. The molecule has 0 spiro atoms. The Labute approximate surface area is 150 Å². The van der Waals surface area contributed by atoms with Crippen LogP contribution in [0.15, 0.2) is 52.0 Å². The number of carbonyl (C=O) groups is 1. The quantitative estimate of drug-likeness (QED) is 0.682. The molecule has 0 aliphatic rings. The summed E-state index contributed by atoms with van der Waals surface area (Å²) < 4.78 is 55.0. The molecule has 0 radical (unpaired) electrons. The summed E-state index contributed by atoms with van der Waals surface area (Å²) in [6.45, 7) is 0. The third-order valence-electron chi connectivity index (χ3n) is 3.25. The maximum atomic E-state index is 12.5. The Kier molecular flexibility index (Phi) is 5.09. The van der Waals surface area contributed by atoms with E-state index in [0.29, 0.717) is 11.3 Å². The number of benzene rings is 1. The first-order valence-electron chi connectivity index (χ1n) is 7.14. The van der Waals surface area contributed by atoms with Gasteiger partial charge in [0, 0.05) is 5.56 Å². The van der Waals surface area contributed by atoms with Crippen LogP contribution < -0.4 is 5.32 Å². The second kappa shape index (κ2) is 7.30. The topological polar surface area (TPSA) is 102 Å². The zero-order valence-corrected chi connectivity index (χ0v) is 14.6. The molecule has 0 atom stereocenters. The fourth-order valence-electron chi connectivity index (χ4n) is 2.09. The number of anilines is 1. The monoisotopic (exact) mass is 399 g/mol. The largest absolute Gasteiger partial charge is 0.459 e. The number of alkyl halides is 2. The van der Waals surface area contributed by atoms with Gasteiger partial charge in [-0.05, 0) is 18.2 Å². The van der Waals surface area contributed by atoms with Crippen LogP contribution >= 0.6 is 11.3 Å². The van der Waals surface area contributed by atoms with Crippen LogP contribution in [-0.4, -0.2) is 24.5 Å². The van der Waals surface area contributed by atoms with Gasteiger partial charge in [0.1, 0.15) is 0 Å². The van der Waals surface area contributed by atoms with Crippen molar-refractivity contribution in [3.05, 3.63) is 59.0 Å². The third kappa shape index (κ3) is 3.94. The smallest absolute Gasteiger partial charge is 0.293 e. The lowest BCUT2D eigenvalue weighted by molar-refractivity contribution is 0.0995. The van der Waals surface area contributed by atoms with Gasteiger partial charge in [-0.25, -0.2) is 17.2 Å². The van der Waals surface area contributed by atoms with Gasteiger partial charge >= 0.3 is 0 Å². The minimum Gasteiger partial charge on any atom is -0.459 e. The predicted octanol–water partition coefficient (Wildman–Crippen LogP) is 3.29. The summed E-state index contributed by atoms with van der Waals surface area (Å²) in [7, 11) is -3.68. The van der Waals surface area contributed by atoms with E-state index in [1.54, 1.807) is 18.2 Å². The van der Waals surface area contributed by atoms with Gasteiger partial charge in [0.05, 0.1) is 16.9 Å². The summed E-state index contributed by atoms with van der Waals surface area (Å²) in [5, 5.41) is 8.28. The van der Waals surface area contributed by atoms with Gasteiger partial charge in [-0.2, -0.15) is 0 Å². The van der Waals surface area contributed by atoms with E-state index in [1.807, 2.05) is 0 Å². The Balaban J connectivity index is 1.78. The van der Waals surface area contributed by atoms with Crippen LogP contribution in [0.25, 0.3) is 0 Å². The molecule has 7 nitrogen and oxygen atoms in total. The zero-order chi connectivity index (χ0) is 18.7. The second-order valence-electron chi connectivity index (χ2n) is 5.05. The Morgan fingerprint density at radius 2 is 1.92 bits per heavy atom. The fraction of sp³-hybridized carbons (Fsp3) is 0.133. The number of nitrogens with one attached hydrogen (secondary N) is 1. The number of carbonyl (C=O) groups excluding carboxylic acids is 1. The molecule has 0 fully saturated rings. The van der Waals surface area contributed by atoms with Gasteiger partial charge < -0.3 is 4.42 Å². The molecule has 0 bridgehead atoms. The van der Waals surface area contributed by atoms with E-state index in [1.165, 1.54) is 24.5 Å². The molecule has 136 valence electrons. The summed E-state index contributed by atoms with van der Waals surface area (Å²) in [5.74, 6) is -1.49. The number of sulfone groups is 1. The number of furan rings is 1. The minimum absolute atomic E-state index is 0.109. The summed E-state index contributed by atoms with van der Waals surface area (Å²) in [5.41, 5.74) is 0.143. The van der Waals surface area contributed by atoms with Gasteiger partial charge in [-0.3, -0.25) is 10.1 Å². The average molecular weight is 399 g/mol. The van der Waals surface area contributed by atoms with Crippen LogP contribution in [0.1, 0.15) is 27.6 Å². The lowest BCUT2D eigenvalue weighted by Gasteiger charge is -2.05. The molecular weight excluding hydrogens is 388 g/mol. The number of halogens is 2. The van der Waals surface area contributed by atoms with E-state index in [2.05, 4.69) is 15.5 Å². The maximum Gasteiger partial charge on any atom is 0.293 e. The Morgan fingerprint density at radius 3 is 2.58 bits per heavy atom. The number of hydrogen-bond donors (Lipinski definition) is 1. The highest BCUT2D eigenvalue weighted by Gasteiger charge is 2.23. The average Bonchev–Trinajstić information content (AvgIpc) is 3.25.